The Morgan fingerprint density at radius 3 is 2.21 bits per heavy atom. The van der Waals surface area contributed by atoms with E-state index in [2.05, 4.69) is 49.8 Å². The number of benzene rings is 1. The molecule has 9 heteroatoms. The van der Waals surface area contributed by atoms with Gasteiger partial charge in [0.1, 0.15) is 17.7 Å². The molecular weight excluding hydrogens is 498 g/mol. The Hall–Kier alpha value is -3.67. The van der Waals surface area contributed by atoms with Crippen molar-refractivity contribution < 1.29 is 4.79 Å². The van der Waals surface area contributed by atoms with Gasteiger partial charge in [0, 0.05) is 76.9 Å². The van der Waals surface area contributed by atoms with Crippen LogP contribution in [0.1, 0.15) is 32.6 Å². The Bertz CT molecular complexity index is 1360. The maximum Gasteiger partial charge on any atom is 0.254 e. The number of piperazine rings is 2. The number of carbonyl (C=O) groups excluding carboxylic acids is 1. The Morgan fingerprint density at radius 2 is 1.53 bits per heavy atom. The third kappa shape index (κ3) is 5.45. The highest BCUT2D eigenvalue weighted by Gasteiger charge is 2.26. The van der Waals surface area contributed by atoms with Crippen LogP contribution in [0.25, 0.3) is 0 Å². The van der Waals surface area contributed by atoms with E-state index in [1.54, 1.807) is 24.5 Å². The zero-order valence-corrected chi connectivity index (χ0v) is 22.7. The summed E-state index contributed by atoms with van der Waals surface area (Å²) >= 11 is 6.35. The Labute approximate surface area is 229 Å². The third-order valence-electron chi connectivity index (χ3n) is 7.49. The van der Waals surface area contributed by atoms with Gasteiger partial charge >= 0.3 is 0 Å². The lowest BCUT2D eigenvalue weighted by molar-refractivity contribution is 0.0745. The van der Waals surface area contributed by atoms with Gasteiger partial charge in [0.05, 0.1) is 10.6 Å². The number of hydrogen-bond acceptors (Lipinski definition) is 7. The van der Waals surface area contributed by atoms with E-state index in [-0.39, 0.29) is 5.91 Å². The monoisotopic (exact) mass is 529 g/mol. The SMILES string of the molecule is Cc1cc(C)c(C(=O)N2CCN(c3ncccc3C#N)CC2)cc1CN1CCN(c2ncccc2Cl)CC1. The number of aromatic nitrogens is 2. The van der Waals surface area contributed by atoms with Crippen LogP contribution in [0.3, 0.4) is 0 Å². The normalized spacial score (nSPS) is 16.4. The van der Waals surface area contributed by atoms with E-state index in [0.717, 1.165) is 49.7 Å². The maximum atomic E-state index is 13.6. The van der Waals surface area contributed by atoms with Crippen molar-refractivity contribution in [3.63, 3.8) is 0 Å². The smallest absolute Gasteiger partial charge is 0.254 e. The van der Waals surface area contributed by atoms with Crippen molar-refractivity contribution >= 4 is 29.1 Å². The van der Waals surface area contributed by atoms with Crippen molar-refractivity contribution in [3.05, 3.63) is 81.6 Å². The first-order valence-electron chi connectivity index (χ1n) is 13.0. The molecule has 1 amide bonds. The van der Waals surface area contributed by atoms with Gasteiger partial charge < -0.3 is 14.7 Å². The van der Waals surface area contributed by atoms with E-state index >= 15 is 0 Å². The fourth-order valence-electron chi connectivity index (χ4n) is 5.29. The van der Waals surface area contributed by atoms with Crippen LogP contribution in [0.15, 0.2) is 48.8 Å². The van der Waals surface area contributed by atoms with Gasteiger partial charge in [0.25, 0.3) is 5.91 Å². The minimum absolute atomic E-state index is 0.0690. The molecule has 0 bridgehead atoms. The molecule has 8 nitrogen and oxygen atoms in total. The van der Waals surface area contributed by atoms with Gasteiger partial charge in [-0.2, -0.15) is 5.26 Å². The Balaban J connectivity index is 1.23. The second kappa shape index (κ2) is 11.4. The molecule has 0 radical (unpaired) electrons. The predicted octanol–water partition coefficient (Wildman–Crippen LogP) is 3.90. The minimum atomic E-state index is 0.0690. The van der Waals surface area contributed by atoms with E-state index in [4.69, 9.17) is 11.6 Å². The Morgan fingerprint density at radius 1 is 0.895 bits per heavy atom. The van der Waals surface area contributed by atoms with Crippen LogP contribution in [0.2, 0.25) is 5.02 Å². The summed E-state index contributed by atoms with van der Waals surface area (Å²) in [5, 5.41) is 10.1. The first-order valence-corrected chi connectivity index (χ1v) is 13.4. The molecule has 2 aliphatic heterocycles. The first-order chi connectivity index (χ1) is 18.4. The molecule has 38 heavy (non-hydrogen) atoms. The highest BCUT2D eigenvalue weighted by Crippen LogP contribution is 2.25. The molecular formula is C29H32ClN7O. The van der Waals surface area contributed by atoms with Gasteiger partial charge in [-0.1, -0.05) is 17.7 Å². The van der Waals surface area contributed by atoms with Crippen LogP contribution >= 0.6 is 11.6 Å². The number of halogens is 1. The van der Waals surface area contributed by atoms with E-state index in [9.17, 15) is 10.1 Å². The molecule has 1 aromatic carbocycles. The average molecular weight is 530 g/mol. The van der Waals surface area contributed by atoms with Crippen LogP contribution in [0.4, 0.5) is 11.6 Å². The van der Waals surface area contributed by atoms with Gasteiger partial charge in [-0.15, -0.1) is 0 Å². The van der Waals surface area contributed by atoms with Crippen molar-refractivity contribution in [1.82, 2.24) is 19.8 Å². The molecule has 0 saturated carbocycles. The molecule has 0 N–H and O–H groups in total. The third-order valence-corrected chi connectivity index (χ3v) is 7.79. The summed E-state index contributed by atoms with van der Waals surface area (Å²) in [5.41, 5.74) is 4.74. The van der Waals surface area contributed by atoms with Gasteiger partial charge in [-0.3, -0.25) is 9.69 Å². The number of amides is 1. The number of rotatable bonds is 5. The highest BCUT2D eigenvalue weighted by molar-refractivity contribution is 6.32. The topological polar surface area (TPSA) is 79.6 Å². The van der Waals surface area contributed by atoms with Crippen molar-refractivity contribution in [3.8, 4) is 6.07 Å². The molecule has 0 atom stereocenters. The molecule has 0 spiro atoms. The highest BCUT2D eigenvalue weighted by atomic mass is 35.5. The standard InChI is InChI=1S/C29H32ClN7O/c1-21-17-22(2)25(29(38)37-15-13-35(14-16-37)27-23(19-31)5-3-7-32-27)18-24(21)20-34-9-11-36(12-10-34)28-26(30)6-4-8-33-28/h3-8,17-18H,9-16,20H2,1-2H3. The molecule has 4 heterocycles. The summed E-state index contributed by atoms with van der Waals surface area (Å²) in [7, 11) is 0. The van der Waals surface area contributed by atoms with Crippen LogP contribution in [0.5, 0.6) is 0 Å². The lowest BCUT2D eigenvalue weighted by atomic mass is 9.98. The molecule has 3 aromatic rings. The van der Waals surface area contributed by atoms with E-state index in [1.807, 2.05) is 24.0 Å². The lowest BCUT2D eigenvalue weighted by Gasteiger charge is -2.36. The number of pyridine rings is 2. The number of aryl methyl sites for hydroxylation is 2. The van der Waals surface area contributed by atoms with Crippen LogP contribution in [-0.4, -0.2) is 78.0 Å². The maximum absolute atomic E-state index is 13.6. The van der Waals surface area contributed by atoms with Crippen molar-refractivity contribution in [2.45, 2.75) is 20.4 Å². The minimum Gasteiger partial charge on any atom is -0.353 e. The lowest BCUT2D eigenvalue weighted by Crippen LogP contribution is -2.49. The quantitative estimate of drug-likeness (QED) is 0.496. The number of carbonyl (C=O) groups is 1. The summed E-state index contributed by atoms with van der Waals surface area (Å²) in [6.07, 6.45) is 3.49. The van der Waals surface area contributed by atoms with Gasteiger partial charge in [0.15, 0.2) is 0 Å². The Kier molecular flexibility index (Phi) is 7.77. The van der Waals surface area contributed by atoms with Crippen molar-refractivity contribution in [2.24, 2.45) is 0 Å². The summed E-state index contributed by atoms with van der Waals surface area (Å²) in [4.78, 5) is 31.1. The molecule has 0 aliphatic carbocycles. The molecule has 5 rings (SSSR count). The zero-order valence-electron chi connectivity index (χ0n) is 21.9. The zero-order chi connectivity index (χ0) is 26.6. The number of nitrogens with zero attached hydrogens (tertiary/aromatic N) is 7. The molecule has 2 aromatic heterocycles. The number of anilines is 2. The number of hydrogen-bond donors (Lipinski definition) is 0. The van der Waals surface area contributed by atoms with Crippen LogP contribution < -0.4 is 9.80 Å². The fourth-order valence-corrected chi connectivity index (χ4v) is 5.54. The van der Waals surface area contributed by atoms with Gasteiger partial charge in [0.2, 0.25) is 0 Å². The van der Waals surface area contributed by atoms with E-state index < -0.39 is 0 Å². The van der Waals surface area contributed by atoms with Crippen LogP contribution in [-0.2, 0) is 6.54 Å². The van der Waals surface area contributed by atoms with Gasteiger partial charge in [-0.05, 0) is 60.9 Å². The second-order valence-corrected chi connectivity index (χ2v) is 10.3. The molecule has 2 aliphatic rings. The van der Waals surface area contributed by atoms with Crippen molar-refractivity contribution in [2.75, 3.05) is 62.2 Å². The predicted molar refractivity (Wildman–Crippen MR) is 150 cm³/mol. The summed E-state index contributed by atoms with van der Waals surface area (Å²) < 4.78 is 0. The number of nitriles is 1. The largest absolute Gasteiger partial charge is 0.353 e. The van der Waals surface area contributed by atoms with E-state index in [1.165, 1.54) is 11.1 Å². The average Bonchev–Trinajstić information content (AvgIpc) is 2.95. The fraction of sp³-hybridized carbons (Fsp3) is 0.379. The summed E-state index contributed by atoms with van der Waals surface area (Å²) in [5.74, 6) is 1.61. The first kappa shape index (κ1) is 26.0. The second-order valence-electron chi connectivity index (χ2n) is 9.93. The molecule has 2 saturated heterocycles. The molecule has 2 fully saturated rings. The molecule has 196 valence electrons. The summed E-state index contributed by atoms with van der Waals surface area (Å²) in [6, 6.07) is 13.7. The summed E-state index contributed by atoms with van der Waals surface area (Å²) in [6.45, 7) is 11.0. The van der Waals surface area contributed by atoms with Crippen molar-refractivity contribution in [1.29, 1.82) is 5.26 Å². The molecule has 0 unspecified atom stereocenters. The van der Waals surface area contributed by atoms with Gasteiger partial charge in [-0.25, -0.2) is 9.97 Å². The van der Waals surface area contributed by atoms with Crippen LogP contribution in [0, 0.1) is 25.2 Å². The van der Waals surface area contributed by atoms with E-state index in [0.29, 0.717) is 42.6 Å².